The first-order valence-corrected chi connectivity index (χ1v) is 35.4. The van der Waals surface area contributed by atoms with Gasteiger partial charge in [0.2, 0.25) is 0 Å². The summed E-state index contributed by atoms with van der Waals surface area (Å²) in [4.78, 5) is 0. The summed E-state index contributed by atoms with van der Waals surface area (Å²) in [7, 11) is 0. The Bertz CT molecular complexity index is 2830. The molecule has 0 heterocycles. The van der Waals surface area contributed by atoms with Crippen molar-refractivity contribution >= 4 is 54.0 Å². The first-order valence-electron chi connectivity index (χ1n) is 23.1. The minimum absolute atomic E-state index is 0. The quantitative estimate of drug-likeness (QED) is 0.122. The number of benzene rings is 8. The van der Waals surface area contributed by atoms with E-state index in [1.54, 1.807) is 46.7 Å². The van der Waals surface area contributed by atoms with Crippen LogP contribution in [-0.4, -0.2) is 10.9 Å². The summed E-state index contributed by atoms with van der Waals surface area (Å²) in [6.45, 7) is 9.23. The molecule has 0 aromatic heterocycles. The fourth-order valence-corrected chi connectivity index (χ4v) is 7.79. The molecule has 0 saturated heterocycles. The van der Waals surface area contributed by atoms with Gasteiger partial charge in [-0.25, -0.2) is 0 Å². The summed E-state index contributed by atoms with van der Waals surface area (Å²) >= 11 is 3.48. The van der Waals surface area contributed by atoms with E-state index in [0.29, 0.717) is 0 Å². The van der Waals surface area contributed by atoms with Crippen molar-refractivity contribution < 1.29 is 71.5 Å². The van der Waals surface area contributed by atoms with Crippen LogP contribution in [0.25, 0.3) is 87.6 Å². The van der Waals surface area contributed by atoms with E-state index in [1.165, 1.54) is 87.6 Å². The number of rotatable bonds is 4. The van der Waals surface area contributed by atoms with E-state index in [1.807, 2.05) is 24.3 Å². The molecule has 0 atom stereocenters. The Hall–Kier alpha value is -5.02. The summed E-state index contributed by atoms with van der Waals surface area (Å²) in [5.74, 6) is 0. The summed E-state index contributed by atoms with van der Waals surface area (Å²) < 4.78 is 0. The van der Waals surface area contributed by atoms with Crippen LogP contribution in [0.2, 0.25) is 26.2 Å². The number of hydrogen-bond acceptors (Lipinski definition) is 0. The number of hydrogen-bond donors (Lipinski definition) is 0. The van der Waals surface area contributed by atoms with Crippen LogP contribution in [0.5, 0.6) is 0 Å². The molecule has 344 valence electrons. The molecule has 0 fully saturated rings. The average molecular weight is 1130 g/mol. The van der Waals surface area contributed by atoms with Crippen LogP contribution in [0.15, 0.2) is 267 Å². The Kier molecular flexibility index (Phi) is 23.4. The van der Waals surface area contributed by atoms with E-state index < -0.39 is 0 Å². The third-order valence-electron chi connectivity index (χ3n) is 10.9. The molecule has 12 aromatic carbocycles. The first kappa shape index (κ1) is 55.9. The second kappa shape index (κ2) is 29.4. The van der Waals surface area contributed by atoms with Crippen LogP contribution in [0, 0.1) is 0 Å². The minimum atomic E-state index is 0. The Morgan fingerprint density at radius 3 is 0.586 bits per heavy atom. The van der Waals surface area contributed by atoms with E-state index in [9.17, 15) is 0 Å². The predicted molar refractivity (Wildman–Crippen MR) is 295 cm³/mol. The molecule has 0 aliphatic rings. The van der Waals surface area contributed by atoms with E-state index in [2.05, 4.69) is 269 Å². The van der Waals surface area contributed by atoms with Gasteiger partial charge in [-0.15, -0.1) is 138 Å². The van der Waals surface area contributed by atoms with Gasteiger partial charge in [-0.3, -0.25) is 0 Å². The molecule has 0 unspecified atom stereocenters. The van der Waals surface area contributed by atoms with Crippen molar-refractivity contribution in [3.05, 3.63) is 267 Å². The van der Waals surface area contributed by atoms with E-state index in [4.69, 9.17) is 0 Å². The molecule has 0 aliphatic carbocycles. The zero-order chi connectivity index (χ0) is 47.5. The van der Waals surface area contributed by atoms with Gasteiger partial charge in [0.25, 0.3) is 0 Å². The summed E-state index contributed by atoms with van der Waals surface area (Å²) in [6, 6.07) is 93.8. The van der Waals surface area contributed by atoms with E-state index >= 15 is 0 Å². The van der Waals surface area contributed by atoms with Crippen molar-refractivity contribution in [2.75, 3.05) is 0 Å². The zero-order valence-electron chi connectivity index (χ0n) is 40.2. The van der Waals surface area contributed by atoms with Crippen molar-refractivity contribution in [2.24, 2.45) is 0 Å². The molecule has 0 saturated carbocycles. The number of halogens is 2. The molecule has 0 bridgehead atoms. The van der Waals surface area contributed by atoms with E-state index in [-0.39, 0.29) is 35.7 Å². The summed E-state index contributed by atoms with van der Waals surface area (Å²) in [6.07, 6.45) is 0. The second-order valence-electron chi connectivity index (χ2n) is 17.0. The van der Waals surface area contributed by atoms with Crippen LogP contribution in [0.3, 0.4) is 0 Å². The van der Waals surface area contributed by atoms with Crippen molar-refractivity contribution in [3.8, 4) is 44.5 Å². The van der Waals surface area contributed by atoms with Gasteiger partial charge < -0.3 is 24.8 Å². The van der Waals surface area contributed by atoms with Gasteiger partial charge in [0.1, 0.15) is 0 Å². The van der Waals surface area contributed by atoms with Crippen molar-refractivity contribution in [3.63, 3.8) is 0 Å². The molecule has 0 spiro atoms. The Labute approximate surface area is 458 Å². The topological polar surface area (TPSA) is 0 Å². The first-order chi connectivity index (χ1) is 33.2. The predicted octanol–water partition coefficient (Wildman–Crippen LogP) is 12.5. The average Bonchev–Trinajstić information content (AvgIpc) is 4.20. The van der Waals surface area contributed by atoms with Crippen LogP contribution >= 0.6 is 0 Å². The van der Waals surface area contributed by atoms with Crippen molar-refractivity contribution in [1.29, 1.82) is 0 Å². The standard InChI is InChI=1S/4C15H11.2C2H6Si.2ClH.2Zr/c4*1-2-6-12(7-3-1)15-10-13-8-4-5-9-14(13)11-15;2*1-3-2;;;;/h4*1-11H;2*1-2H3;2*1H;;/q4*-1;;;;;2*+2/p-2. The molecule has 12 rings (SSSR count). The molecular formula is C64H56Cl2Si2Zr2-2. The third kappa shape index (κ3) is 17.1. The van der Waals surface area contributed by atoms with Gasteiger partial charge >= 0.3 is 83.7 Å². The molecule has 0 N–H and O–H groups in total. The maximum Gasteiger partial charge on any atom is -0.0635 e. The summed E-state index contributed by atoms with van der Waals surface area (Å²) in [5, 5.41) is 10.5. The van der Waals surface area contributed by atoms with Gasteiger partial charge in [0.15, 0.2) is 0 Å². The van der Waals surface area contributed by atoms with Crippen LogP contribution < -0.4 is 24.8 Å². The van der Waals surface area contributed by atoms with Crippen LogP contribution in [-0.2, 0) is 46.7 Å². The molecule has 0 aliphatic heterocycles. The monoisotopic (exact) mass is 1130 g/mol. The Morgan fingerprint density at radius 2 is 0.414 bits per heavy atom. The molecule has 6 heteroatoms. The van der Waals surface area contributed by atoms with Crippen molar-refractivity contribution in [1.82, 2.24) is 0 Å². The summed E-state index contributed by atoms with van der Waals surface area (Å²) in [5.41, 5.74) is 10.8. The molecule has 12 aromatic rings. The molecule has 70 heavy (non-hydrogen) atoms. The minimum Gasteiger partial charge on any atom is -1.00 e. The SMILES string of the molecule is C[Si](C)=[Zr+2].C[Si](C)=[Zr+2].[Cl-].[Cl-].c1ccc(-c2cc3ccccc3[cH-]2)cc1.c1ccc(-c2cc3ccccc3[cH-]2)cc1.c1ccc(-c2cc3ccccc3[cH-]2)cc1.c1ccc(-c2cc3ccccc3[cH-]2)cc1. The van der Waals surface area contributed by atoms with Gasteiger partial charge in [0.05, 0.1) is 0 Å². The van der Waals surface area contributed by atoms with Gasteiger partial charge in [-0.1, -0.05) is 216 Å². The van der Waals surface area contributed by atoms with Gasteiger partial charge in [-0.05, 0) is 0 Å². The zero-order valence-corrected chi connectivity index (χ0v) is 48.6. The molecule has 0 radical (unpaired) electrons. The molecule has 0 nitrogen and oxygen atoms in total. The van der Waals surface area contributed by atoms with E-state index in [0.717, 1.165) is 0 Å². The van der Waals surface area contributed by atoms with Crippen LogP contribution in [0.4, 0.5) is 0 Å². The van der Waals surface area contributed by atoms with Gasteiger partial charge in [-0.2, -0.15) is 0 Å². The van der Waals surface area contributed by atoms with Crippen molar-refractivity contribution in [2.45, 2.75) is 26.2 Å². The number of fused-ring (bicyclic) bond motifs is 4. The maximum absolute atomic E-state index is 2.31. The fraction of sp³-hybridized carbons (Fsp3) is 0.0625. The molecule has 0 amide bonds. The van der Waals surface area contributed by atoms with Gasteiger partial charge in [0, 0.05) is 0 Å². The second-order valence-corrected chi connectivity index (χ2v) is 35.7. The fourth-order valence-electron chi connectivity index (χ4n) is 7.79. The largest absolute Gasteiger partial charge is 1.00 e. The third-order valence-corrected chi connectivity index (χ3v) is 10.9. The molecular weight excluding hydrogens is 1080 g/mol. The smallest absolute Gasteiger partial charge is 0.0635 e. The Balaban J connectivity index is 0.000000164. The maximum atomic E-state index is 2.31. The Morgan fingerprint density at radius 1 is 0.257 bits per heavy atom. The normalized spacial score (nSPS) is 9.94. The van der Waals surface area contributed by atoms with Crippen LogP contribution in [0.1, 0.15) is 0 Å².